The topological polar surface area (TPSA) is 71.3 Å². The Morgan fingerprint density at radius 2 is 1.79 bits per heavy atom. The van der Waals surface area contributed by atoms with Gasteiger partial charge in [-0.05, 0) is 43.9 Å². The second kappa shape index (κ2) is 8.39. The lowest BCUT2D eigenvalue weighted by molar-refractivity contribution is -0.131. The van der Waals surface area contributed by atoms with Crippen LogP contribution in [0.4, 0.5) is 10.1 Å². The number of carboxylic acids is 1. The largest absolute Gasteiger partial charge is 0.478 e. The number of anilines is 1. The van der Waals surface area contributed by atoms with Gasteiger partial charge in [-0.2, -0.15) is 0 Å². The molecule has 29 heavy (non-hydrogen) atoms. The number of nitrogens with zero attached hydrogens (tertiary/aromatic N) is 1. The number of nitrogens with one attached hydrogen (secondary N) is 1. The van der Waals surface area contributed by atoms with Gasteiger partial charge in [-0.1, -0.05) is 32.1 Å². The van der Waals surface area contributed by atoms with Crippen LogP contribution >= 0.6 is 0 Å². The van der Waals surface area contributed by atoms with E-state index in [4.69, 9.17) is 5.11 Å². The Labute approximate surface area is 169 Å². The molecule has 0 spiro atoms. The number of pyridine rings is 1. The van der Waals surface area contributed by atoms with Gasteiger partial charge < -0.3 is 15.0 Å². The lowest BCUT2D eigenvalue weighted by Gasteiger charge is -2.25. The highest BCUT2D eigenvalue weighted by Crippen LogP contribution is 2.34. The van der Waals surface area contributed by atoms with Gasteiger partial charge in [0, 0.05) is 35.3 Å². The first-order chi connectivity index (χ1) is 14.0. The summed E-state index contributed by atoms with van der Waals surface area (Å²) in [6.45, 7) is 0. The molecule has 0 atom stereocenters. The summed E-state index contributed by atoms with van der Waals surface area (Å²) in [7, 11) is 0. The molecule has 2 saturated carbocycles. The standard InChI is InChI=1S/C23H27FN2O3/c24-19-12-18-21(13-20(19)25-16-6-2-1-3-7-16)26(17-8-4-5-9-17)14-15(23(18)29)10-11-22(27)28/h10-14,16-17,25H,1-9H2,(H,27,28). The maximum atomic E-state index is 14.9. The summed E-state index contributed by atoms with van der Waals surface area (Å²) >= 11 is 0. The lowest BCUT2D eigenvalue weighted by Crippen LogP contribution is -2.23. The first kappa shape index (κ1) is 19.7. The summed E-state index contributed by atoms with van der Waals surface area (Å²) in [6, 6.07) is 3.58. The van der Waals surface area contributed by atoms with Crippen LogP contribution in [0.2, 0.25) is 0 Å². The van der Waals surface area contributed by atoms with E-state index < -0.39 is 11.8 Å². The minimum Gasteiger partial charge on any atom is -0.478 e. The van der Waals surface area contributed by atoms with Crippen molar-refractivity contribution in [2.45, 2.75) is 69.9 Å². The van der Waals surface area contributed by atoms with E-state index >= 15 is 0 Å². The Balaban J connectivity index is 1.82. The van der Waals surface area contributed by atoms with Gasteiger partial charge in [-0.15, -0.1) is 0 Å². The highest BCUT2D eigenvalue weighted by atomic mass is 19.1. The Bertz CT molecular complexity index is 999. The molecule has 2 fully saturated rings. The van der Waals surface area contributed by atoms with Gasteiger partial charge in [-0.3, -0.25) is 4.79 Å². The Morgan fingerprint density at radius 3 is 2.48 bits per heavy atom. The van der Waals surface area contributed by atoms with Crippen molar-refractivity contribution in [3.8, 4) is 0 Å². The molecule has 0 saturated heterocycles. The van der Waals surface area contributed by atoms with Gasteiger partial charge in [-0.25, -0.2) is 9.18 Å². The molecule has 2 aromatic rings. The number of carbonyl (C=O) groups is 1. The van der Waals surface area contributed by atoms with Crippen molar-refractivity contribution in [1.29, 1.82) is 0 Å². The fourth-order valence-electron chi connectivity index (χ4n) is 4.73. The van der Waals surface area contributed by atoms with E-state index in [-0.39, 0.29) is 23.1 Å². The zero-order valence-corrected chi connectivity index (χ0v) is 16.5. The predicted octanol–water partition coefficient (Wildman–Crippen LogP) is 5.10. The molecule has 0 radical (unpaired) electrons. The Kier molecular flexibility index (Phi) is 5.69. The summed E-state index contributed by atoms with van der Waals surface area (Å²) in [5.41, 5.74) is 1.10. The maximum Gasteiger partial charge on any atom is 0.328 e. The van der Waals surface area contributed by atoms with Crippen LogP contribution in [0.1, 0.15) is 69.4 Å². The number of hydrogen-bond acceptors (Lipinski definition) is 3. The maximum absolute atomic E-state index is 14.9. The van der Waals surface area contributed by atoms with Crippen LogP contribution in [0.15, 0.2) is 29.2 Å². The zero-order valence-electron chi connectivity index (χ0n) is 16.5. The van der Waals surface area contributed by atoms with E-state index in [1.165, 1.54) is 18.6 Å². The van der Waals surface area contributed by atoms with E-state index in [1.54, 1.807) is 12.3 Å². The monoisotopic (exact) mass is 398 g/mol. The summed E-state index contributed by atoms with van der Waals surface area (Å²) in [5, 5.41) is 12.6. The molecule has 6 heteroatoms. The van der Waals surface area contributed by atoms with Crippen molar-refractivity contribution >= 4 is 28.6 Å². The van der Waals surface area contributed by atoms with Gasteiger partial charge in [0.25, 0.3) is 0 Å². The van der Waals surface area contributed by atoms with Crippen molar-refractivity contribution in [3.05, 3.63) is 46.0 Å². The van der Waals surface area contributed by atoms with Gasteiger partial charge in [0.2, 0.25) is 0 Å². The van der Waals surface area contributed by atoms with E-state index in [9.17, 15) is 14.0 Å². The molecule has 4 rings (SSSR count). The van der Waals surface area contributed by atoms with E-state index in [2.05, 4.69) is 9.88 Å². The molecule has 1 aromatic heterocycles. The van der Waals surface area contributed by atoms with Gasteiger partial charge in [0.1, 0.15) is 5.82 Å². The molecule has 2 N–H and O–H groups in total. The van der Waals surface area contributed by atoms with Crippen molar-refractivity contribution in [2.24, 2.45) is 0 Å². The lowest BCUT2D eigenvalue weighted by atomic mass is 9.95. The number of hydrogen-bond donors (Lipinski definition) is 2. The normalized spacial score (nSPS) is 18.7. The molecular formula is C23H27FN2O3. The Morgan fingerprint density at radius 1 is 1.10 bits per heavy atom. The van der Waals surface area contributed by atoms with Crippen LogP contribution < -0.4 is 10.7 Å². The summed E-state index contributed by atoms with van der Waals surface area (Å²) in [6.07, 6.45) is 13.8. The molecule has 1 aromatic carbocycles. The average Bonchev–Trinajstić information content (AvgIpc) is 3.24. The van der Waals surface area contributed by atoms with E-state index in [1.807, 2.05) is 0 Å². The summed E-state index contributed by atoms with van der Waals surface area (Å²) in [4.78, 5) is 23.8. The van der Waals surface area contributed by atoms with Crippen molar-refractivity contribution in [3.63, 3.8) is 0 Å². The number of rotatable bonds is 5. The SMILES string of the molecule is O=C(O)C=Cc1cn(C2CCCC2)c2cc(NC3CCCCC3)c(F)cc2c1=O. The molecule has 0 aliphatic heterocycles. The zero-order chi connectivity index (χ0) is 20.4. The number of fused-ring (bicyclic) bond motifs is 1. The van der Waals surface area contributed by atoms with Gasteiger partial charge >= 0.3 is 5.97 Å². The predicted molar refractivity (Wildman–Crippen MR) is 113 cm³/mol. The highest BCUT2D eigenvalue weighted by molar-refractivity contribution is 5.88. The van der Waals surface area contributed by atoms with Crippen molar-refractivity contribution < 1.29 is 14.3 Å². The molecule has 0 unspecified atom stereocenters. The minimum absolute atomic E-state index is 0.239. The van der Waals surface area contributed by atoms with Crippen LogP contribution in [0, 0.1) is 5.82 Å². The Hall–Kier alpha value is -2.63. The first-order valence-electron chi connectivity index (χ1n) is 10.6. The third kappa shape index (κ3) is 4.21. The van der Waals surface area contributed by atoms with Crippen molar-refractivity contribution in [2.75, 3.05) is 5.32 Å². The number of aliphatic carboxylic acids is 1. The quantitative estimate of drug-likeness (QED) is 0.688. The fraction of sp³-hybridized carbons (Fsp3) is 0.478. The molecule has 2 aliphatic rings. The molecule has 154 valence electrons. The highest BCUT2D eigenvalue weighted by Gasteiger charge is 2.22. The van der Waals surface area contributed by atoms with E-state index in [0.717, 1.165) is 57.4 Å². The van der Waals surface area contributed by atoms with E-state index in [0.29, 0.717) is 16.6 Å². The minimum atomic E-state index is -1.12. The molecular weight excluding hydrogens is 371 g/mol. The van der Waals surface area contributed by atoms with Crippen molar-refractivity contribution in [1.82, 2.24) is 4.57 Å². The second-order valence-electron chi connectivity index (χ2n) is 8.26. The first-order valence-corrected chi connectivity index (χ1v) is 10.6. The van der Waals surface area contributed by atoms with Gasteiger partial charge in [0.05, 0.1) is 11.2 Å². The summed E-state index contributed by atoms with van der Waals surface area (Å²) in [5.74, 6) is -1.55. The molecule has 1 heterocycles. The van der Waals surface area contributed by atoms with Crippen LogP contribution in [-0.4, -0.2) is 21.7 Å². The number of carboxylic acid groups (broad SMARTS) is 1. The molecule has 0 bridgehead atoms. The van der Waals surface area contributed by atoms with Gasteiger partial charge in [0.15, 0.2) is 5.43 Å². The van der Waals surface area contributed by atoms with Crippen LogP contribution in [0.25, 0.3) is 17.0 Å². The molecule has 0 amide bonds. The van der Waals surface area contributed by atoms with Crippen LogP contribution in [0.5, 0.6) is 0 Å². The van der Waals surface area contributed by atoms with Crippen LogP contribution in [0.3, 0.4) is 0 Å². The molecule has 2 aliphatic carbocycles. The molecule has 5 nitrogen and oxygen atoms in total. The number of halogens is 1. The third-order valence-corrected chi connectivity index (χ3v) is 6.24. The number of aromatic nitrogens is 1. The smallest absolute Gasteiger partial charge is 0.328 e. The fourth-order valence-corrected chi connectivity index (χ4v) is 4.73. The third-order valence-electron chi connectivity index (χ3n) is 6.24. The summed E-state index contributed by atoms with van der Waals surface area (Å²) < 4.78 is 16.9. The average molecular weight is 398 g/mol. The van der Waals surface area contributed by atoms with Crippen LogP contribution in [-0.2, 0) is 4.79 Å². The number of benzene rings is 1. The second-order valence-corrected chi connectivity index (χ2v) is 8.26.